The topological polar surface area (TPSA) is 93.7 Å². The molecule has 1 fully saturated rings. The molecule has 2 heterocycles. The SMILES string of the molecule is Cc1c(C2(O)C(=O)N(C)C(=O)N(C)C2=O)[nH]c2ccccc12. The smallest absolute Gasteiger partial charge is 0.333 e. The number of hydrogen-bond acceptors (Lipinski definition) is 4. The molecule has 0 aliphatic carbocycles. The zero-order valence-corrected chi connectivity index (χ0v) is 12.4. The van der Waals surface area contributed by atoms with E-state index in [9.17, 15) is 19.5 Å². The van der Waals surface area contributed by atoms with Gasteiger partial charge >= 0.3 is 6.03 Å². The van der Waals surface area contributed by atoms with Gasteiger partial charge in [0.05, 0.1) is 5.69 Å². The van der Waals surface area contributed by atoms with Gasteiger partial charge in [0.15, 0.2) is 0 Å². The molecule has 1 aromatic carbocycles. The summed E-state index contributed by atoms with van der Waals surface area (Å²) in [7, 11) is 2.47. The Labute approximate surface area is 126 Å². The maximum atomic E-state index is 12.4. The molecule has 1 aliphatic heterocycles. The van der Waals surface area contributed by atoms with Crippen LogP contribution < -0.4 is 0 Å². The summed E-state index contributed by atoms with van der Waals surface area (Å²) >= 11 is 0. The van der Waals surface area contributed by atoms with E-state index in [-0.39, 0.29) is 5.69 Å². The van der Waals surface area contributed by atoms with Crippen LogP contribution in [0, 0.1) is 6.92 Å². The lowest BCUT2D eigenvalue weighted by Gasteiger charge is -2.38. The second kappa shape index (κ2) is 4.41. The van der Waals surface area contributed by atoms with Crippen molar-refractivity contribution in [1.29, 1.82) is 0 Å². The largest absolute Gasteiger partial charge is 0.367 e. The summed E-state index contributed by atoms with van der Waals surface area (Å²) in [6.45, 7) is 1.71. The fourth-order valence-corrected chi connectivity index (χ4v) is 2.83. The molecular weight excluding hydrogens is 286 g/mol. The summed E-state index contributed by atoms with van der Waals surface area (Å²) in [6.07, 6.45) is 0. The Balaban J connectivity index is 2.27. The van der Waals surface area contributed by atoms with Gasteiger partial charge in [-0.3, -0.25) is 19.4 Å². The molecule has 22 heavy (non-hydrogen) atoms. The number of para-hydroxylation sites is 1. The maximum Gasteiger partial charge on any atom is 0.333 e. The number of nitrogens with one attached hydrogen (secondary N) is 1. The third-order valence-corrected chi connectivity index (χ3v) is 4.13. The van der Waals surface area contributed by atoms with Crippen molar-refractivity contribution in [3.8, 4) is 0 Å². The predicted molar refractivity (Wildman–Crippen MR) is 77.9 cm³/mol. The fraction of sp³-hybridized carbons (Fsp3) is 0.267. The lowest BCUT2D eigenvalue weighted by Crippen LogP contribution is -2.65. The van der Waals surface area contributed by atoms with E-state index in [0.29, 0.717) is 11.1 Å². The molecule has 7 nitrogen and oxygen atoms in total. The van der Waals surface area contributed by atoms with Crippen LogP contribution in [0.4, 0.5) is 4.79 Å². The standard InChI is InChI=1S/C15H15N3O4/c1-8-9-6-4-5-7-10(9)16-11(8)15(22)12(19)17(2)14(21)18(3)13(15)20/h4-7,16,22H,1-3H3. The van der Waals surface area contributed by atoms with Crippen LogP contribution in [-0.2, 0) is 15.2 Å². The number of hydrogen-bond donors (Lipinski definition) is 2. The average molecular weight is 301 g/mol. The maximum absolute atomic E-state index is 12.4. The number of rotatable bonds is 1. The predicted octanol–water partition coefficient (Wildman–Crippen LogP) is 0.714. The molecular formula is C15H15N3O4. The minimum Gasteiger partial charge on any atom is -0.367 e. The number of likely N-dealkylation sites (N-methyl/N-ethyl adjacent to an activating group) is 2. The summed E-state index contributed by atoms with van der Waals surface area (Å²) < 4.78 is 0. The number of nitrogens with zero attached hydrogens (tertiary/aromatic N) is 2. The van der Waals surface area contributed by atoms with Crippen molar-refractivity contribution in [2.24, 2.45) is 0 Å². The Hall–Kier alpha value is -2.67. The van der Waals surface area contributed by atoms with Crippen LogP contribution in [0.5, 0.6) is 0 Å². The number of amides is 4. The molecule has 0 radical (unpaired) electrons. The minimum absolute atomic E-state index is 0.0925. The van der Waals surface area contributed by atoms with Crippen LogP contribution in [-0.4, -0.2) is 51.8 Å². The Morgan fingerprint density at radius 1 is 1.05 bits per heavy atom. The lowest BCUT2D eigenvalue weighted by molar-refractivity contribution is -0.169. The molecule has 1 saturated heterocycles. The summed E-state index contributed by atoms with van der Waals surface area (Å²) in [6, 6.07) is 6.46. The van der Waals surface area contributed by atoms with Crippen molar-refractivity contribution in [2.45, 2.75) is 12.5 Å². The molecule has 2 N–H and O–H groups in total. The van der Waals surface area contributed by atoms with Crippen molar-refractivity contribution >= 4 is 28.7 Å². The number of carbonyl (C=O) groups is 3. The van der Waals surface area contributed by atoms with E-state index in [2.05, 4.69) is 4.98 Å². The number of aliphatic hydroxyl groups is 1. The average Bonchev–Trinajstić information content (AvgIpc) is 2.87. The number of urea groups is 1. The van der Waals surface area contributed by atoms with E-state index in [4.69, 9.17) is 0 Å². The monoisotopic (exact) mass is 301 g/mol. The number of H-pyrrole nitrogens is 1. The Morgan fingerprint density at radius 3 is 2.14 bits per heavy atom. The second-order valence-electron chi connectivity index (χ2n) is 5.39. The van der Waals surface area contributed by atoms with Gasteiger partial charge in [-0.25, -0.2) is 4.79 Å². The first kappa shape index (κ1) is 14.3. The Morgan fingerprint density at radius 2 is 1.59 bits per heavy atom. The first-order valence-electron chi connectivity index (χ1n) is 6.70. The summed E-state index contributed by atoms with van der Waals surface area (Å²) in [5.74, 6) is -1.93. The van der Waals surface area contributed by atoms with Gasteiger partial charge in [0.2, 0.25) is 0 Å². The highest BCUT2D eigenvalue weighted by molar-refractivity contribution is 6.21. The van der Waals surface area contributed by atoms with Crippen LogP contribution in [0.15, 0.2) is 24.3 Å². The Kier molecular flexibility index (Phi) is 2.86. The van der Waals surface area contributed by atoms with Gasteiger partial charge < -0.3 is 10.1 Å². The highest BCUT2D eigenvalue weighted by Crippen LogP contribution is 2.34. The van der Waals surface area contributed by atoms with Crippen LogP contribution in [0.3, 0.4) is 0 Å². The fourth-order valence-electron chi connectivity index (χ4n) is 2.83. The summed E-state index contributed by atoms with van der Waals surface area (Å²) in [5, 5.41) is 11.7. The van der Waals surface area contributed by atoms with Crippen molar-refractivity contribution in [2.75, 3.05) is 14.1 Å². The summed E-state index contributed by atoms with van der Waals surface area (Å²) in [4.78, 5) is 41.1. The molecule has 1 aliphatic rings. The van der Waals surface area contributed by atoms with E-state index in [1.807, 2.05) is 12.1 Å². The minimum atomic E-state index is -2.43. The van der Waals surface area contributed by atoms with Crippen molar-refractivity contribution in [1.82, 2.24) is 14.8 Å². The second-order valence-corrected chi connectivity index (χ2v) is 5.39. The van der Waals surface area contributed by atoms with Crippen LogP contribution in [0.25, 0.3) is 10.9 Å². The molecule has 0 saturated carbocycles. The van der Waals surface area contributed by atoms with Gasteiger partial charge in [0.25, 0.3) is 17.4 Å². The number of aryl methyl sites for hydroxylation is 1. The van der Waals surface area contributed by atoms with Gasteiger partial charge in [-0.2, -0.15) is 0 Å². The number of aromatic nitrogens is 1. The quantitative estimate of drug-likeness (QED) is 0.759. The van der Waals surface area contributed by atoms with E-state index in [1.165, 1.54) is 14.1 Å². The van der Waals surface area contributed by atoms with E-state index in [1.54, 1.807) is 19.1 Å². The number of imide groups is 2. The molecule has 0 spiro atoms. The van der Waals surface area contributed by atoms with Gasteiger partial charge in [-0.15, -0.1) is 0 Å². The zero-order chi connectivity index (χ0) is 16.2. The van der Waals surface area contributed by atoms with Crippen molar-refractivity contribution < 1.29 is 19.5 Å². The van der Waals surface area contributed by atoms with Crippen molar-refractivity contribution in [3.63, 3.8) is 0 Å². The highest BCUT2D eigenvalue weighted by Gasteiger charge is 2.57. The number of barbiturate groups is 1. The molecule has 3 rings (SSSR count). The third kappa shape index (κ3) is 1.57. The van der Waals surface area contributed by atoms with Gasteiger partial charge in [-0.1, -0.05) is 18.2 Å². The molecule has 114 valence electrons. The van der Waals surface area contributed by atoms with Crippen LogP contribution in [0.1, 0.15) is 11.3 Å². The van der Waals surface area contributed by atoms with E-state index >= 15 is 0 Å². The van der Waals surface area contributed by atoms with Gasteiger partial charge in [0.1, 0.15) is 0 Å². The Bertz CT molecular complexity index is 799. The number of aromatic amines is 1. The zero-order valence-electron chi connectivity index (χ0n) is 12.4. The van der Waals surface area contributed by atoms with Crippen LogP contribution >= 0.6 is 0 Å². The van der Waals surface area contributed by atoms with Gasteiger partial charge in [-0.05, 0) is 18.6 Å². The molecule has 0 bridgehead atoms. The lowest BCUT2D eigenvalue weighted by atomic mass is 9.91. The first-order chi connectivity index (χ1) is 10.3. The third-order valence-electron chi connectivity index (χ3n) is 4.13. The highest BCUT2D eigenvalue weighted by atomic mass is 16.3. The molecule has 0 atom stereocenters. The molecule has 1 aromatic heterocycles. The molecule has 4 amide bonds. The van der Waals surface area contributed by atoms with E-state index in [0.717, 1.165) is 15.2 Å². The summed E-state index contributed by atoms with van der Waals surface area (Å²) in [5.41, 5.74) is -1.04. The van der Waals surface area contributed by atoms with E-state index < -0.39 is 23.4 Å². The van der Waals surface area contributed by atoms with Crippen molar-refractivity contribution in [3.05, 3.63) is 35.5 Å². The first-order valence-corrected chi connectivity index (χ1v) is 6.70. The normalized spacial score (nSPS) is 18.5. The molecule has 7 heteroatoms. The number of carbonyl (C=O) groups excluding carboxylic acids is 3. The van der Waals surface area contributed by atoms with Crippen LogP contribution in [0.2, 0.25) is 0 Å². The number of fused-ring (bicyclic) bond motifs is 1. The van der Waals surface area contributed by atoms with Gasteiger partial charge in [0, 0.05) is 25.0 Å². The number of benzene rings is 1. The molecule has 0 unspecified atom stereocenters. The molecule has 2 aromatic rings.